The number of halogens is 1. The maximum Gasteiger partial charge on any atom is 0.243 e. The molecule has 0 radical (unpaired) electrons. The topological polar surface area (TPSA) is 66.0 Å². The number of hydrogen-bond acceptors (Lipinski definition) is 4. The molecule has 0 aromatic heterocycles. The fourth-order valence-corrected chi connectivity index (χ4v) is 3.28. The van der Waals surface area contributed by atoms with E-state index in [4.69, 9.17) is 4.74 Å². The number of ether oxygens (including phenoxy) is 1. The number of thioether (sulfide) groups is 1. The number of nitrogens with one attached hydrogen (secondary N) is 2. The van der Waals surface area contributed by atoms with E-state index < -0.39 is 0 Å². The third-order valence-electron chi connectivity index (χ3n) is 4.30. The smallest absolute Gasteiger partial charge is 0.243 e. The molecule has 0 aromatic rings. The molecule has 2 unspecified atom stereocenters. The zero-order valence-corrected chi connectivity index (χ0v) is 20.3. The van der Waals surface area contributed by atoms with Gasteiger partial charge in [0.15, 0.2) is 5.96 Å². The Balaban J connectivity index is 0.00000625. The van der Waals surface area contributed by atoms with Crippen LogP contribution in [0.4, 0.5) is 0 Å². The highest BCUT2D eigenvalue weighted by Crippen LogP contribution is 2.33. The van der Waals surface area contributed by atoms with Crippen molar-refractivity contribution < 1.29 is 9.53 Å². The first-order chi connectivity index (χ1) is 11.8. The monoisotopic (exact) mass is 500 g/mol. The van der Waals surface area contributed by atoms with E-state index in [-0.39, 0.29) is 47.9 Å². The molecule has 1 saturated heterocycles. The molecule has 1 rings (SSSR count). The fraction of sp³-hybridized carbons (Fsp3) is 0.889. The van der Waals surface area contributed by atoms with Crippen molar-refractivity contribution in [3.8, 4) is 0 Å². The second kappa shape index (κ2) is 13.0. The van der Waals surface area contributed by atoms with Crippen LogP contribution in [0.2, 0.25) is 0 Å². The van der Waals surface area contributed by atoms with Crippen molar-refractivity contribution >= 4 is 47.6 Å². The summed E-state index contributed by atoms with van der Waals surface area (Å²) in [5, 5.41) is 6.74. The lowest BCUT2D eigenvalue weighted by Crippen LogP contribution is -2.48. The zero-order valence-electron chi connectivity index (χ0n) is 17.1. The van der Waals surface area contributed by atoms with Gasteiger partial charge in [-0.05, 0) is 24.5 Å². The van der Waals surface area contributed by atoms with Gasteiger partial charge in [0.1, 0.15) is 6.54 Å². The highest BCUT2D eigenvalue weighted by Gasteiger charge is 2.35. The first-order valence-corrected chi connectivity index (χ1v) is 10.5. The SMILES string of the molecule is CSCCNC(=NCC(=O)N(C)C)NCC1CCCOC1C(C)(C)C.I. The van der Waals surface area contributed by atoms with E-state index in [2.05, 4.69) is 42.7 Å². The molecule has 1 heterocycles. The Morgan fingerprint density at radius 1 is 1.31 bits per heavy atom. The van der Waals surface area contributed by atoms with Crippen molar-refractivity contribution in [1.82, 2.24) is 15.5 Å². The molecular formula is C18H37IN4O2S. The number of rotatable bonds is 7. The number of nitrogens with zero attached hydrogens (tertiary/aromatic N) is 2. The molecule has 1 amide bonds. The van der Waals surface area contributed by atoms with Crippen LogP contribution < -0.4 is 10.6 Å². The molecule has 1 aliphatic rings. The largest absolute Gasteiger partial charge is 0.377 e. The molecule has 0 spiro atoms. The molecule has 6 nitrogen and oxygen atoms in total. The lowest BCUT2D eigenvalue weighted by molar-refractivity contribution is -0.127. The van der Waals surface area contributed by atoms with Gasteiger partial charge in [0.25, 0.3) is 0 Å². The van der Waals surface area contributed by atoms with Crippen LogP contribution in [0.25, 0.3) is 0 Å². The van der Waals surface area contributed by atoms with E-state index in [0.717, 1.165) is 38.3 Å². The predicted octanol–water partition coefficient (Wildman–Crippen LogP) is 2.43. The lowest BCUT2D eigenvalue weighted by Gasteiger charge is -2.40. The van der Waals surface area contributed by atoms with Crippen molar-refractivity contribution in [2.24, 2.45) is 16.3 Å². The number of carbonyl (C=O) groups is 1. The summed E-state index contributed by atoms with van der Waals surface area (Å²) in [5.74, 6) is 2.16. The van der Waals surface area contributed by atoms with E-state index in [1.165, 1.54) is 0 Å². The Morgan fingerprint density at radius 2 is 2.00 bits per heavy atom. The van der Waals surface area contributed by atoms with E-state index >= 15 is 0 Å². The average Bonchev–Trinajstić information content (AvgIpc) is 2.56. The zero-order chi connectivity index (χ0) is 18.9. The quantitative estimate of drug-likeness (QED) is 0.243. The summed E-state index contributed by atoms with van der Waals surface area (Å²) in [6.45, 7) is 9.34. The van der Waals surface area contributed by atoms with Gasteiger partial charge in [0.2, 0.25) is 5.91 Å². The van der Waals surface area contributed by atoms with Crippen molar-refractivity contribution in [2.45, 2.75) is 39.7 Å². The Morgan fingerprint density at radius 3 is 2.58 bits per heavy atom. The van der Waals surface area contributed by atoms with Gasteiger partial charge < -0.3 is 20.3 Å². The van der Waals surface area contributed by atoms with Crippen LogP contribution in [0, 0.1) is 11.3 Å². The van der Waals surface area contributed by atoms with Crippen LogP contribution in [0.1, 0.15) is 33.6 Å². The maximum absolute atomic E-state index is 11.8. The molecule has 26 heavy (non-hydrogen) atoms. The molecule has 1 aliphatic heterocycles. The Kier molecular flexibility index (Phi) is 12.9. The molecule has 0 aliphatic carbocycles. The first kappa shape index (κ1) is 25.8. The average molecular weight is 500 g/mol. The van der Waals surface area contributed by atoms with Crippen LogP contribution in [-0.4, -0.2) is 75.2 Å². The Bertz CT molecular complexity index is 441. The minimum absolute atomic E-state index is 0. The summed E-state index contributed by atoms with van der Waals surface area (Å²) in [4.78, 5) is 17.8. The summed E-state index contributed by atoms with van der Waals surface area (Å²) in [6.07, 6.45) is 4.58. The number of amides is 1. The minimum Gasteiger partial charge on any atom is -0.377 e. The highest BCUT2D eigenvalue weighted by molar-refractivity contribution is 14.0. The molecule has 8 heteroatoms. The number of guanidine groups is 1. The van der Waals surface area contributed by atoms with Gasteiger partial charge in [0, 0.05) is 45.5 Å². The van der Waals surface area contributed by atoms with Crippen molar-refractivity contribution in [3.05, 3.63) is 0 Å². The van der Waals surface area contributed by atoms with Crippen molar-refractivity contribution in [1.29, 1.82) is 0 Å². The third kappa shape index (κ3) is 9.64. The second-order valence-electron chi connectivity index (χ2n) is 7.81. The fourth-order valence-electron chi connectivity index (χ4n) is 2.97. The van der Waals surface area contributed by atoms with E-state index in [1.807, 2.05) is 0 Å². The Labute approximate surface area is 180 Å². The molecule has 0 bridgehead atoms. The normalized spacial score (nSPS) is 20.9. The number of hydrogen-bond donors (Lipinski definition) is 2. The van der Waals surface area contributed by atoms with E-state index in [1.54, 1.807) is 30.8 Å². The molecule has 1 fully saturated rings. The Hall–Kier alpha value is -0.220. The van der Waals surface area contributed by atoms with Gasteiger partial charge in [0.05, 0.1) is 6.10 Å². The predicted molar refractivity (Wildman–Crippen MR) is 123 cm³/mol. The summed E-state index contributed by atoms with van der Waals surface area (Å²) < 4.78 is 6.05. The standard InChI is InChI=1S/C18H36N4O2S.HI/c1-18(2,3)16-14(8-7-10-24-16)12-20-17(19-9-11-25-6)21-13-15(23)22(4)5;/h14,16H,7-13H2,1-6H3,(H2,19,20,21);1H. The van der Waals surface area contributed by atoms with Gasteiger partial charge in [-0.3, -0.25) is 4.79 Å². The van der Waals surface area contributed by atoms with Crippen LogP contribution in [-0.2, 0) is 9.53 Å². The molecule has 0 aromatic carbocycles. The summed E-state index contributed by atoms with van der Waals surface area (Å²) in [6, 6.07) is 0. The van der Waals surface area contributed by atoms with Gasteiger partial charge in [-0.1, -0.05) is 20.8 Å². The van der Waals surface area contributed by atoms with Crippen LogP contribution in [0.5, 0.6) is 0 Å². The van der Waals surface area contributed by atoms with Crippen LogP contribution >= 0.6 is 35.7 Å². The third-order valence-corrected chi connectivity index (χ3v) is 4.91. The number of aliphatic imine (C=N–C) groups is 1. The van der Waals surface area contributed by atoms with E-state index in [9.17, 15) is 4.79 Å². The second-order valence-corrected chi connectivity index (χ2v) is 8.80. The molecule has 2 atom stereocenters. The number of likely N-dealkylation sites (N-methyl/N-ethyl adjacent to an activating group) is 1. The molecular weight excluding hydrogens is 463 g/mol. The summed E-state index contributed by atoms with van der Waals surface area (Å²) in [5.41, 5.74) is 0.122. The van der Waals surface area contributed by atoms with Gasteiger partial charge in [-0.15, -0.1) is 24.0 Å². The summed E-state index contributed by atoms with van der Waals surface area (Å²) >= 11 is 1.78. The van der Waals surface area contributed by atoms with Crippen molar-refractivity contribution in [2.75, 3.05) is 52.3 Å². The minimum atomic E-state index is -0.000431. The maximum atomic E-state index is 11.8. The lowest BCUT2D eigenvalue weighted by atomic mass is 9.78. The van der Waals surface area contributed by atoms with E-state index in [0.29, 0.717) is 11.9 Å². The number of carbonyl (C=O) groups excluding carboxylic acids is 1. The first-order valence-electron chi connectivity index (χ1n) is 9.08. The van der Waals surface area contributed by atoms with Gasteiger partial charge >= 0.3 is 0 Å². The van der Waals surface area contributed by atoms with Crippen molar-refractivity contribution in [3.63, 3.8) is 0 Å². The molecule has 0 saturated carbocycles. The molecule has 2 N–H and O–H groups in total. The van der Waals surface area contributed by atoms with Crippen LogP contribution in [0.15, 0.2) is 4.99 Å². The van der Waals surface area contributed by atoms with Gasteiger partial charge in [-0.25, -0.2) is 4.99 Å². The van der Waals surface area contributed by atoms with Gasteiger partial charge in [-0.2, -0.15) is 11.8 Å². The summed E-state index contributed by atoms with van der Waals surface area (Å²) in [7, 11) is 3.50. The van der Waals surface area contributed by atoms with Crippen LogP contribution in [0.3, 0.4) is 0 Å². The highest BCUT2D eigenvalue weighted by atomic mass is 127. The molecule has 154 valence electrons.